The zero-order valence-electron chi connectivity index (χ0n) is 22.1. The predicted molar refractivity (Wildman–Crippen MR) is 142 cm³/mol. The number of non-ortho nitro benzene ring substituents is 1. The quantitative estimate of drug-likeness (QED) is 0.277. The van der Waals surface area contributed by atoms with E-state index in [9.17, 15) is 33.2 Å². The summed E-state index contributed by atoms with van der Waals surface area (Å²) in [6, 6.07) is 12.1. The third-order valence-electron chi connectivity index (χ3n) is 6.05. The highest BCUT2D eigenvalue weighted by Gasteiger charge is 2.35. The van der Waals surface area contributed by atoms with Crippen molar-refractivity contribution in [3.8, 4) is 0 Å². The van der Waals surface area contributed by atoms with E-state index < -0.39 is 51.4 Å². The van der Waals surface area contributed by atoms with Crippen LogP contribution in [0.1, 0.15) is 39.2 Å². The lowest BCUT2D eigenvalue weighted by molar-refractivity contribution is -0.384. The van der Waals surface area contributed by atoms with Gasteiger partial charge in [-0.1, -0.05) is 30.3 Å². The molecule has 0 aromatic heterocycles. The highest BCUT2D eigenvalue weighted by Crippen LogP contribution is 2.22. The maximum Gasteiger partial charge on any atom is 0.407 e. The van der Waals surface area contributed by atoms with Gasteiger partial charge in [0.2, 0.25) is 15.9 Å². The average molecular weight is 563 g/mol. The molecule has 13 heteroatoms. The molecule has 12 nitrogen and oxygen atoms in total. The van der Waals surface area contributed by atoms with Crippen LogP contribution in [0.5, 0.6) is 0 Å². The third kappa shape index (κ3) is 8.73. The normalized spacial score (nSPS) is 17.4. The van der Waals surface area contributed by atoms with Crippen LogP contribution < -0.4 is 10.6 Å². The molecular weight excluding hydrogens is 528 g/mol. The van der Waals surface area contributed by atoms with Gasteiger partial charge in [0.1, 0.15) is 5.60 Å². The number of nitro benzene ring substituents is 1. The number of benzene rings is 2. The van der Waals surface area contributed by atoms with E-state index >= 15 is 0 Å². The summed E-state index contributed by atoms with van der Waals surface area (Å²) in [5, 5.41) is 27.7. The van der Waals surface area contributed by atoms with Crippen LogP contribution in [0, 0.1) is 10.1 Å². The number of sulfonamides is 1. The number of carbonyl (C=O) groups excluding carboxylic acids is 2. The third-order valence-corrected chi connectivity index (χ3v) is 7.90. The number of rotatable bonds is 11. The Morgan fingerprint density at radius 1 is 1.21 bits per heavy atom. The van der Waals surface area contributed by atoms with E-state index in [0.717, 1.165) is 34.1 Å². The van der Waals surface area contributed by atoms with Crippen molar-refractivity contribution in [2.75, 3.05) is 13.1 Å². The second-order valence-electron chi connectivity index (χ2n) is 10.4. The number of hydrogen-bond donors (Lipinski definition) is 3. The van der Waals surface area contributed by atoms with Crippen molar-refractivity contribution in [2.45, 2.75) is 68.7 Å². The summed E-state index contributed by atoms with van der Waals surface area (Å²) in [4.78, 5) is 34.6. The highest BCUT2D eigenvalue weighted by molar-refractivity contribution is 7.89. The van der Waals surface area contributed by atoms with E-state index in [1.54, 1.807) is 32.9 Å². The Morgan fingerprint density at radius 3 is 2.38 bits per heavy atom. The summed E-state index contributed by atoms with van der Waals surface area (Å²) >= 11 is 0. The molecule has 0 aliphatic carbocycles. The van der Waals surface area contributed by atoms with Crippen molar-refractivity contribution in [1.29, 1.82) is 0 Å². The van der Waals surface area contributed by atoms with Crippen molar-refractivity contribution < 1.29 is 32.8 Å². The molecule has 2 aromatic carbocycles. The van der Waals surface area contributed by atoms with Crippen molar-refractivity contribution >= 4 is 27.7 Å². The molecule has 39 heavy (non-hydrogen) atoms. The van der Waals surface area contributed by atoms with E-state index in [-0.39, 0.29) is 35.9 Å². The summed E-state index contributed by atoms with van der Waals surface area (Å²) in [6.45, 7) is 4.54. The Hall–Kier alpha value is -3.55. The maximum atomic E-state index is 13.6. The molecule has 1 fully saturated rings. The standard InChI is InChI=1S/C26H34N4O8S/c1-26(2,3)38-25(33)28-22(15-18-7-5-4-6-8-18)23(31)17-29(16-19-9-14-24(32)27-19)39(36,37)21-12-10-20(11-13-21)30(34)35/h4-8,10-13,19,22-23,31H,9,14-17H2,1-3H3,(H,27,32)(H,28,33)/t19-,22+,23-/m1/s1. The van der Waals surface area contributed by atoms with Gasteiger partial charge in [-0.25, -0.2) is 13.2 Å². The number of aliphatic hydroxyl groups is 1. The Balaban J connectivity index is 1.89. The second-order valence-corrected chi connectivity index (χ2v) is 12.3. The van der Waals surface area contributed by atoms with Gasteiger partial charge in [0.05, 0.1) is 22.0 Å². The lowest BCUT2D eigenvalue weighted by Crippen LogP contribution is -2.53. The Kier molecular flexibility index (Phi) is 9.64. The number of nitrogens with zero attached hydrogens (tertiary/aromatic N) is 2. The zero-order valence-corrected chi connectivity index (χ0v) is 22.9. The first-order valence-corrected chi connectivity index (χ1v) is 13.9. The summed E-state index contributed by atoms with van der Waals surface area (Å²) < 4.78 is 33.6. The minimum atomic E-state index is -4.25. The molecule has 2 amide bonds. The minimum Gasteiger partial charge on any atom is -0.444 e. The van der Waals surface area contributed by atoms with Crippen LogP contribution in [-0.2, 0) is 26.0 Å². The summed E-state index contributed by atoms with van der Waals surface area (Å²) in [7, 11) is -4.25. The van der Waals surface area contributed by atoms with Gasteiger partial charge in [0, 0.05) is 37.7 Å². The molecule has 3 rings (SSSR count). The van der Waals surface area contributed by atoms with Crippen molar-refractivity contribution in [2.24, 2.45) is 0 Å². The molecule has 1 aliphatic heterocycles. The number of amides is 2. The van der Waals surface area contributed by atoms with Crippen LogP contribution in [-0.4, -0.2) is 71.6 Å². The van der Waals surface area contributed by atoms with Gasteiger partial charge >= 0.3 is 6.09 Å². The topological polar surface area (TPSA) is 168 Å². The first-order valence-electron chi connectivity index (χ1n) is 12.5. The van der Waals surface area contributed by atoms with Gasteiger partial charge in [-0.15, -0.1) is 0 Å². The van der Waals surface area contributed by atoms with E-state index in [0.29, 0.717) is 6.42 Å². The molecule has 1 saturated heterocycles. The molecule has 2 aromatic rings. The van der Waals surface area contributed by atoms with Crippen molar-refractivity contribution in [3.63, 3.8) is 0 Å². The summed E-state index contributed by atoms with van der Waals surface area (Å²) in [5.74, 6) is -0.207. The molecule has 1 heterocycles. The number of hydrogen-bond acceptors (Lipinski definition) is 8. The summed E-state index contributed by atoms with van der Waals surface area (Å²) in [5.41, 5.74) is -0.267. The van der Waals surface area contributed by atoms with E-state index in [1.165, 1.54) is 0 Å². The molecule has 3 atom stereocenters. The summed E-state index contributed by atoms with van der Waals surface area (Å²) in [6.07, 6.45) is -1.30. The van der Waals surface area contributed by atoms with Crippen LogP contribution in [0.3, 0.4) is 0 Å². The smallest absolute Gasteiger partial charge is 0.407 e. The molecule has 0 bridgehead atoms. The van der Waals surface area contributed by atoms with Crippen LogP contribution in [0.2, 0.25) is 0 Å². The van der Waals surface area contributed by atoms with E-state index in [4.69, 9.17) is 4.74 Å². The minimum absolute atomic E-state index is 0.132. The van der Waals surface area contributed by atoms with E-state index in [2.05, 4.69) is 10.6 Å². The Morgan fingerprint density at radius 2 is 1.85 bits per heavy atom. The SMILES string of the molecule is CC(C)(C)OC(=O)N[C@@H](Cc1ccccc1)[C@H](O)CN(C[C@H]1CCC(=O)N1)S(=O)(=O)c1ccc([N+](=O)[O-])cc1. The van der Waals surface area contributed by atoms with Gasteiger partial charge in [-0.05, 0) is 51.3 Å². The maximum absolute atomic E-state index is 13.6. The second kappa shape index (κ2) is 12.5. The lowest BCUT2D eigenvalue weighted by Gasteiger charge is -2.31. The number of alkyl carbamates (subject to hydrolysis) is 1. The highest BCUT2D eigenvalue weighted by atomic mass is 32.2. The lowest BCUT2D eigenvalue weighted by atomic mass is 10.0. The average Bonchev–Trinajstić information content (AvgIpc) is 3.27. The van der Waals surface area contributed by atoms with Crippen LogP contribution in [0.15, 0.2) is 59.5 Å². The van der Waals surface area contributed by atoms with Crippen molar-refractivity contribution in [3.05, 3.63) is 70.3 Å². The fourth-order valence-corrected chi connectivity index (χ4v) is 5.67. The fourth-order valence-electron chi connectivity index (χ4n) is 4.17. The number of ether oxygens (including phenoxy) is 1. The predicted octanol–water partition coefficient (Wildman–Crippen LogP) is 2.36. The molecular formula is C26H34N4O8S. The molecule has 0 saturated carbocycles. The van der Waals surface area contributed by atoms with Gasteiger partial charge in [-0.3, -0.25) is 14.9 Å². The number of nitro groups is 1. The van der Waals surface area contributed by atoms with Gasteiger partial charge in [-0.2, -0.15) is 4.31 Å². The number of nitrogens with one attached hydrogen (secondary N) is 2. The molecule has 0 spiro atoms. The van der Waals surface area contributed by atoms with Crippen LogP contribution in [0.25, 0.3) is 0 Å². The molecule has 0 unspecified atom stereocenters. The number of carbonyl (C=O) groups is 2. The monoisotopic (exact) mass is 562 g/mol. The molecule has 212 valence electrons. The van der Waals surface area contributed by atoms with Gasteiger partial charge < -0.3 is 20.5 Å². The first-order chi connectivity index (χ1) is 18.2. The molecule has 1 aliphatic rings. The number of aliphatic hydroxyl groups excluding tert-OH is 1. The van der Waals surface area contributed by atoms with Crippen LogP contribution >= 0.6 is 0 Å². The fraction of sp³-hybridized carbons (Fsp3) is 0.462. The van der Waals surface area contributed by atoms with Gasteiger partial charge in [0.15, 0.2) is 0 Å². The molecule has 0 radical (unpaired) electrons. The van der Waals surface area contributed by atoms with E-state index in [1.807, 2.05) is 18.2 Å². The zero-order chi connectivity index (χ0) is 28.8. The van der Waals surface area contributed by atoms with Gasteiger partial charge in [0.25, 0.3) is 5.69 Å². The Labute approximate surface area is 227 Å². The first kappa shape index (κ1) is 30.0. The molecule has 3 N–H and O–H groups in total. The van der Waals surface area contributed by atoms with Crippen molar-refractivity contribution in [1.82, 2.24) is 14.9 Å². The Bertz CT molecular complexity index is 1260. The largest absolute Gasteiger partial charge is 0.444 e. The van der Waals surface area contributed by atoms with Crippen LogP contribution in [0.4, 0.5) is 10.5 Å².